The van der Waals surface area contributed by atoms with E-state index in [1.807, 2.05) is 0 Å². The first-order valence-electron chi connectivity index (χ1n) is 8.66. The molecule has 2 bridgehead atoms. The predicted molar refractivity (Wildman–Crippen MR) is 79.7 cm³/mol. The standard InChI is InChI=1S/C17H29NO2/c1-2-12-3-5-14(6-4-12)18-15-7-8-16(18)10-13(9-15)11-17(19)20/h12-16H,2-11H2,1H3,(H,19,20). The average molecular weight is 279 g/mol. The van der Waals surface area contributed by atoms with Gasteiger partial charge in [-0.3, -0.25) is 9.69 Å². The van der Waals surface area contributed by atoms with Crippen molar-refractivity contribution < 1.29 is 9.90 Å². The fourth-order valence-electron chi connectivity index (χ4n) is 5.19. The minimum atomic E-state index is -0.605. The lowest BCUT2D eigenvalue weighted by Gasteiger charge is -2.45. The molecule has 114 valence electrons. The zero-order valence-corrected chi connectivity index (χ0v) is 12.8. The molecule has 0 aromatic carbocycles. The van der Waals surface area contributed by atoms with Crippen LogP contribution in [0.15, 0.2) is 0 Å². The molecule has 3 fully saturated rings. The van der Waals surface area contributed by atoms with Crippen molar-refractivity contribution in [1.82, 2.24) is 4.90 Å². The molecule has 1 saturated carbocycles. The average Bonchev–Trinajstić information content (AvgIpc) is 2.70. The van der Waals surface area contributed by atoms with Gasteiger partial charge in [-0.15, -0.1) is 0 Å². The Labute approximate surface area is 122 Å². The van der Waals surface area contributed by atoms with E-state index in [1.165, 1.54) is 44.9 Å². The Morgan fingerprint density at radius 3 is 2.00 bits per heavy atom. The van der Waals surface area contributed by atoms with Crippen LogP contribution in [0.4, 0.5) is 0 Å². The molecular weight excluding hydrogens is 250 g/mol. The number of nitrogens with zero attached hydrogens (tertiary/aromatic N) is 1. The van der Waals surface area contributed by atoms with Crippen molar-refractivity contribution >= 4 is 5.97 Å². The van der Waals surface area contributed by atoms with E-state index in [9.17, 15) is 4.79 Å². The third-order valence-corrected chi connectivity index (χ3v) is 6.17. The summed E-state index contributed by atoms with van der Waals surface area (Å²) in [5.41, 5.74) is 0. The zero-order chi connectivity index (χ0) is 14.1. The van der Waals surface area contributed by atoms with Gasteiger partial charge >= 0.3 is 5.97 Å². The first-order chi connectivity index (χ1) is 9.67. The third kappa shape index (κ3) is 2.88. The van der Waals surface area contributed by atoms with Gasteiger partial charge in [-0.05, 0) is 63.2 Å². The fraction of sp³-hybridized carbons (Fsp3) is 0.941. The van der Waals surface area contributed by atoms with Crippen molar-refractivity contribution in [3.8, 4) is 0 Å². The molecule has 3 rings (SSSR count). The molecule has 0 amide bonds. The largest absolute Gasteiger partial charge is 0.481 e. The summed E-state index contributed by atoms with van der Waals surface area (Å²) in [5, 5.41) is 9.02. The summed E-state index contributed by atoms with van der Waals surface area (Å²) in [5.74, 6) is 0.799. The number of fused-ring (bicyclic) bond motifs is 2. The molecule has 0 radical (unpaired) electrons. The second-order valence-corrected chi connectivity index (χ2v) is 7.35. The van der Waals surface area contributed by atoms with Crippen LogP contribution in [0.1, 0.15) is 71.1 Å². The maximum atomic E-state index is 10.9. The molecule has 1 N–H and O–H groups in total. The van der Waals surface area contributed by atoms with E-state index >= 15 is 0 Å². The van der Waals surface area contributed by atoms with Crippen molar-refractivity contribution in [2.75, 3.05) is 0 Å². The number of piperidine rings is 1. The third-order valence-electron chi connectivity index (χ3n) is 6.17. The summed E-state index contributed by atoms with van der Waals surface area (Å²) in [6, 6.07) is 2.20. The minimum absolute atomic E-state index is 0.392. The monoisotopic (exact) mass is 279 g/mol. The Morgan fingerprint density at radius 1 is 0.950 bits per heavy atom. The smallest absolute Gasteiger partial charge is 0.303 e. The topological polar surface area (TPSA) is 40.5 Å². The van der Waals surface area contributed by atoms with Gasteiger partial charge in [0.2, 0.25) is 0 Å². The van der Waals surface area contributed by atoms with Gasteiger partial charge in [-0.2, -0.15) is 0 Å². The number of carbonyl (C=O) groups is 1. The van der Waals surface area contributed by atoms with E-state index < -0.39 is 5.97 Å². The van der Waals surface area contributed by atoms with Crippen molar-refractivity contribution in [2.24, 2.45) is 11.8 Å². The number of rotatable bonds is 4. The first kappa shape index (κ1) is 14.4. The Bertz CT molecular complexity index is 335. The van der Waals surface area contributed by atoms with Gasteiger partial charge in [0.1, 0.15) is 0 Å². The Balaban J connectivity index is 1.58. The van der Waals surface area contributed by atoms with Crippen molar-refractivity contribution in [1.29, 1.82) is 0 Å². The molecule has 2 atom stereocenters. The van der Waals surface area contributed by atoms with Crippen LogP contribution in [0.3, 0.4) is 0 Å². The SMILES string of the molecule is CCC1CCC(N2C3CCC2CC(CC(=O)O)C3)CC1. The van der Waals surface area contributed by atoms with Gasteiger partial charge in [-0.25, -0.2) is 0 Å². The maximum Gasteiger partial charge on any atom is 0.303 e. The highest BCUT2D eigenvalue weighted by Gasteiger charge is 2.44. The highest BCUT2D eigenvalue weighted by atomic mass is 16.4. The molecule has 0 aromatic rings. The second-order valence-electron chi connectivity index (χ2n) is 7.35. The molecule has 2 unspecified atom stereocenters. The summed E-state index contributed by atoms with van der Waals surface area (Å²) in [7, 11) is 0. The lowest BCUT2D eigenvalue weighted by atomic mass is 9.81. The van der Waals surface area contributed by atoms with E-state index in [-0.39, 0.29) is 0 Å². The van der Waals surface area contributed by atoms with E-state index in [2.05, 4.69) is 11.8 Å². The van der Waals surface area contributed by atoms with Gasteiger partial charge in [0, 0.05) is 24.5 Å². The van der Waals surface area contributed by atoms with Gasteiger partial charge in [0.15, 0.2) is 0 Å². The second kappa shape index (κ2) is 6.05. The lowest BCUT2D eigenvalue weighted by molar-refractivity contribution is -0.138. The summed E-state index contributed by atoms with van der Waals surface area (Å²) in [6.45, 7) is 2.33. The summed E-state index contributed by atoms with van der Waals surface area (Å²) < 4.78 is 0. The normalized spacial score (nSPS) is 41.8. The summed E-state index contributed by atoms with van der Waals surface area (Å²) in [6.07, 6.45) is 12.2. The number of carboxylic acid groups (broad SMARTS) is 1. The zero-order valence-electron chi connectivity index (χ0n) is 12.8. The van der Waals surface area contributed by atoms with Gasteiger partial charge in [-0.1, -0.05) is 13.3 Å². The molecule has 2 saturated heterocycles. The van der Waals surface area contributed by atoms with Crippen molar-refractivity contribution in [2.45, 2.75) is 89.3 Å². The molecule has 0 aromatic heterocycles. The molecule has 2 aliphatic heterocycles. The van der Waals surface area contributed by atoms with Gasteiger partial charge in [0.05, 0.1) is 0 Å². The quantitative estimate of drug-likeness (QED) is 0.853. The lowest BCUT2D eigenvalue weighted by Crippen LogP contribution is -2.50. The number of carboxylic acids is 1. The van der Waals surface area contributed by atoms with Crippen LogP contribution in [0.25, 0.3) is 0 Å². The van der Waals surface area contributed by atoms with Crippen molar-refractivity contribution in [3.63, 3.8) is 0 Å². The molecule has 20 heavy (non-hydrogen) atoms. The van der Waals surface area contributed by atoms with Crippen LogP contribution in [-0.4, -0.2) is 34.1 Å². The molecular formula is C17H29NO2. The molecule has 3 heteroatoms. The van der Waals surface area contributed by atoms with Crippen LogP contribution in [0.2, 0.25) is 0 Å². The highest BCUT2D eigenvalue weighted by molar-refractivity contribution is 5.67. The Morgan fingerprint density at radius 2 is 1.50 bits per heavy atom. The van der Waals surface area contributed by atoms with Gasteiger partial charge < -0.3 is 5.11 Å². The molecule has 3 aliphatic rings. The van der Waals surface area contributed by atoms with Crippen LogP contribution in [0, 0.1) is 11.8 Å². The summed E-state index contributed by atoms with van der Waals surface area (Å²) >= 11 is 0. The van der Waals surface area contributed by atoms with E-state index in [0.29, 0.717) is 24.4 Å². The van der Waals surface area contributed by atoms with E-state index in [0.717, 1.165) is 24.8 Å². The Hall–Kier alpha value is -0.570. The highest BCUT2D eigenvalue weighted by Crippen LogP contribution is 2.44. The van der Waals surface area contributed by atoms with Gasteiger partial charge in [0.25, 0.3) is 0 Å². The van der Waals surface area contributed by atoms with Crippen LogP contribution < -0.4 is 0 Å². The number of aliphatic carboxylic acids is 1. The molecule has 1 aliphatic carbocycles. The van der Waals surface area contributed by atoms with Crippen LogP contribution >= 0.6 is 0 Å². The maximum absolute atomic E-state index is 10.9. The van der Waals surface area contributed by atoms with Crippen LogP contribution in [-0.2, 0) is 4.79 Å². The fourth-order valence-corrected chi connectivity index (χ4v) is 5.19. The summed E-state index contributed by atoms with van der Waals surface area (Å²) in [4.78, 5) is 13.8. The predicted octanol–water partition coefficient (Wildman–Crippen LogP) is 3.67. The minimum Gasteiger partial charge on any atom is -0.481 e. The van der Waals surface area contributed by atoms with E-state index in [1.54, 1.807) is 0 Å². The molecule has 3 nitrogen and oxygen atoms in total. The number of hydrogen-bond donors (Lipinski definition) is 1. The molecule has 0 spiro atoms. The molecule has 2 heterocycles. The number of hydrogen-bond acceptors (Lipinski definition) is 2. The Kier molecular flexibility index (Phi) is 4.34. The van der Waals surface area contributed by atoms with Crippen molar-refractivity contribution in [3.05, 3.63) is 0 Å². The van der Waals surface area contributed by atoms with Crippen LogP contribution in [0.5, 0.6) is 0 Å². The van der Waals surface area contributed by atoms with E-state index in [4.69, 9.17) is 5.11 Å². The first-order valence-corrected chi connectivity index (χ1v) is 8.66.